The molecule has 7 nitrogen and oxygen atoms in total. The zero-order valence-electron chi connectivity index (χ0n) is 24.3. The number of allylic oxidation sites excluding steroid dienone is 3. The van der Waals surface area contributed by atoms with Gasteiger partial charge in [0.25, 0.3) is 0 Å². The summed E-state index contributed by atoms with van der Waals surface area (Å²) < 4.78 is 5.49. The Bertz CT molecular complexity index is 1260. The quantitative estimate of drug-likeness (QED) is 0.225. The Labute approximate surface area is 233 Å². The van der Waals surface area contributed by atoms with Crippen molar-refractivity contribution in [1.29, 1.82) is 5.26 Å². The van der Waals surface area contributed by atoms with E-state index in [0.29, 0.717) is 22.5 Å². The Kier molecular flexibility index (Phi) is 12.6. The first-order chi connectivity index (χ1) is 18.7. The van der Waals surface area contributed by atoms with Crippen molar-refractivity contribution in [3.05, 3.63) is 77.2 Å². The van der Waals surface area contributed by atoms with Crippen LogP contribution < -0.4 is 0 Å². The highest BCUT2D eigenvalue weighted by Crippen LogP contribution is 2.21. The summed E-state index contributed by atoms with van der Waals surface area (Å²) >= 11 is 0. The van der Waals surface area contributed by atoms with Crippen LogP contribution in [0.1, 0.15) is 58.6 Å². The van der Waals surface area contributed by atoms with Gasteiger partial charge in [-0.05, 0) is 81.5 Å². The van der Waals surface area contributed by atoms with Crippen LogP contribution in [0.25, 0.3) is 10.9 Å². The van der Waals surface area contributed by atoms with Crippen LogP contribution in [0.4, 0.5) is 0 Å². The summed E-state index contributed by atoms with van der Waals surface area (Å²) in [4.78, 5) is 33.0. The molecule has 1 aromatic heterocycles. The number of rotatable bonds is 10. The monoisotopic (exact) mass is 530 g/mol. The molecular formula is C32H42N4O3. The number of ether oxygens (including phenoxy) is 1. The van der Waals surface area contributed by atoms with Gasteiger partial charge in [0.05, 0.1) is 17.1 Å². The van der Waals surface area contributed by atoms with Gasteiger partial charge < -0.3 is 14.5 Å². The van der Waals surface area contributed by atoms with E-state index in [1.54, 1.807) is 32.1 Å². The van der Waals surface area contributed by atoms with Gasteiger partial charge in [-0.3, -0.25) is 14.6 Å². The summed E-state index contributed by atoms with van der Waals surface area (Å²) in [6.07, 6.45) is 7.99. The zero-order valence-corrected chi connectivity index (χ0v) is 24.3. The van der Waals surface area contributed by atoms with E-state index in [-0.39, 0.29) is 24.3 Å². The molecule has 0 radical (unpaired) electrons. The Hall–Kier alpha value is -3.76. The van der Waals surface area contributed by atoms with Crippen LogP contribution >= 0.6 is 0 Å². The Balaban J connectivity index is 0.00000260. The summed E-state index contributed by atoms with van der Waals surface area (Å²) in [6, 6.07) is 10.1. The number of nitriles is 1. The molecule has 0 atom stereocenters. The van der Waals surface area contributed by atoms with Crippen LogP contribution in [0, 0.1) is 11.3 Å². The van der Waals surface area contributed by atoms with E-state index in [0.717, 1.165) is 49.8 Å². The molecule has 1 amide bonds. The van der Waals surface area contributed by atoms with E-state index in [4.69, 9.17) is 4.74 Å². The molecule has 0 spiro atoms. The molecule has 3 rings (SSSR count). The Morgan fingerprint density at radius 2 is 1.87 bits per heavy atom. The lowest BCUT2D eigenvalue weighted by Crippen LogP contribution is -2.46. The number of hydrogen-bond acceptors (Lipinski definition) is 6. The van der Waals surface area contributed by atoms with Gasteiger partial charge in [-0.1, -0.05) is 26.5 Å². The SMILES string of the molecule is C=C(C)/C(=C\C=C(/C)C(=O)N(C)C1CCN(CCc2ccnc3ccc(C#N)cc23)CC1)OCC(C)=O.CC. The second-order valence-electron chi connectivity index (χ2n) is 9.70. The third-order valence-corrected chi connectivity index (χ3v) is 6.76. The number of likely N-dealkylation sites (N-methyl/N-ethyl adjacent to an activating group) is 1. The standard InChI is InChI=1S/C30H36N4O3.C2H6/c1-21(2)29(37-20-23(4)35)9-6-22(3)30(36)33(5)26-12-16-34(17-13-26)15-11-25-10-14-32-28-8-7-24(19-31)18-27(25)28;1-2/h6-10,14,18,26H,1,11-13,15-17,20H2,2-5H3;1-2H3/b22-6+,29-9+;. The number of fused-ring (bicyclic) bond motifs is 1. The fourth-order valence-electron chi connectivity index (χ4n) is 4.51. The molecule has 1 fully saturated rings. The van der Waals surface area contributed by atoms with Gasteiger partial charge in [0.2, 0.25) is 5.91 Å². The van der Waals surface area contributed by atoms with Crippen LogP contribution in [0.15, 0.2) is 66.1 Å². The van der Waals surface area contributed by atoms with Gasteiger partial charge >= 0.3 is 0 Å². The second-order valence-corrected chi connectivity index (χ2v) is 9.70. The topological polar surface area (TPSA) is 86.5 Å². The minimum atomic E-state index is -0.0720. The van der Waals surface area contributed by atoms with Crippen LogP contribution in [0.3, 0.4) is 0 Å². The van der Waals surface area contributed by atoms with Crippen LogP contribution in [-0.2, 0) is 20.7 Å². The summed E-state index contributed by atoms with van der Waals surface area (Å²) in [5, 5.41) is 10.3. The maximum absolute atomic E-state index is 13.0. The number of Topliss-reactive ketones (excluding diaryl/α,β-unsaturated/α-hetero) is 1. The van der Waals surface area contributed by atoms with Crippen molar-refractivity contribution in [2.45, 2.75) is 59.9 Å². The van der Waals surface area contributed by atoms with Crippen molar-refractivity contribution in [2.24, 2.45) is 0 Å². The summed E-state index contributed by atoms with van der Waals surface area (Å²) in [6.45, 7) is 15.7. The van der Waals surface area contributed by atoms with E-state index in [1.165, 1.54) is 12.5 Å². The van der Waals surface area contributed by atoms with Gasteiger partial charge in [-0.15, -0.1) is 0 Å². The maximum atomic E-state index is 13.0. The molecular weight excluding hydrogens is 488 g/mol. The van der Waals surface area contributed by atoms with E-state index < -0.39 is 0 Å². The number of ketones is 1. The third-order valence-electron chi connectivity index (χ3n) is 6.76. The summed E-state index contributed by atoms with van der Waals surface area (Å²) in [5.41, 5.74) is 4.07. The highest BCUT2D eigenvalue weighted by molar-refractivity contribution is 5.93. The summed E-state index contributed by atoms with van der Waals surface area (Å²) in [5.74, 6) is 0.417. The number of benzene rings is 1. The molecule has 1 saturated heterocycles. The molecule has 208 valence electrons. The average molecular weight is 531 g/mol. The maximum Gasteiger partial charge on any atom is 0.249 e. The molecule has 0 saturated carbocycles. The number of carbonyl (C=O) groups excluding carboxylic acids is 2. The minimum absolute atomic E-state index is 0.0149. The Morgan fingerprint density at radius 3 is 2.49 bits per heavy atom. The summed E-state index contributed by atoms with van der Waals surface area (Å²) in [7, 11) is 1.87. The lowest BCUT2D eigenvalue weighted by molar-refractivity contribution is -0.128. The third kappa shape index (κ3) is 9.19. The largest absolute Gasteiger partial charge is 0.486 e. The van der Waals surface area contributed by atoms with Crippen molar-refractivity contribution in [3.8, 4) is 6.07 Å². The molecule has 7 heteroatoms. The smallest absolute Gasteiger partial charge is 0.249 e. The number of piperidine rings is 1. The first-order valence-electron chi connectivity index (χ1n) is 13.6. The number of likely N-dealkylation sites (tertiary alicyclic amines) is 1. The normalized spacial score (nSPS) is 14.7. The van der Waals surface area contributed by atoms with E-state index in [2.05, 4.69) is 22.5 Å². The van der Waals surface area contributed by atoms with Crippen molar-refractivity contribution in [2.75, 3.05) is 33.3 Å². The molecule has 0 aliphatic carbocycles. The van der Waals surface area contributed by atoms with Gasteiger partial charge in [-0.2, -0.15) is 5.26 Å². The molecule has 2 aromatic rings. The number of pyridine rings is 1. The molecule has 1 aromatic carbocycles. The fourth-order valence-corrected chi connectivity index (χ4v) is 4.51. The predicted octanol–water partition coefficient (Wildman–Crippen LogP) is 5.61. The minimum Gasteiger partial charge on any atom is -0.486 e. The van der Waals surface area contributed by atoms with Crippen molar-refractivity contribution >= 4 is 22.6 Å². The highest BCUT2D eigenvalue weighted by atomic mass is 16.5. The van der Waals surface area contributed by atoms with Crippen LogP contribution in [-0.4, -0.2) is 65.8 Å². The first-order valence-corrected chi connectivity index (χ1v) is 13.6. The van der Waals surface area contributed by atoms with Gasteiger partial charge in [-0.25, -0.2) is 0 Å². The van der Waals surface area contributed by atoms with E-state index >= 15 is 0 Å². The Morgan fingerprint density at radius 1 is 1.18 bits per heavy atom. The number of nitrogens with zero attached hydrogens (tertiary/aromatic N) is 4. The predicted molar refractivity (Wildman–Crippen MR) is 157 cm³/mol. The molecule has 2 heterocycles. The lowest BCUT2D eigenvalue weighted by Gasteiger charge is -2.37. The zero-order chi connectivity index (χ0) is 28.9. The molecule has 0 bridgehead atoms. The molecule has 39 heavy (non-hydrogen) atoms. The van der Waals surface area contributed by atoms with Crippen molar-refractivity contribution < 1.29 is 14.3 Å². The van der Waals surface area contributed by atoms with Crippen LogP contribution in [0.5, 0.6) is 0 Å². The van der Waals surface area contributed by atoms with Crippen molar-refractivity contribution in [1.82, 2.24) is 14.8 Å². The van der Waals surface area contributed by atoms with Gasteiger partial charge in [0.15, 0.2) is 5.78 Å². The lowest BCUT2D eigenvalue weighted by atomic mass is 10.0. The number of aromatic nitrogens is 1. The molecule has 1 aliphatic heterocycles. The molecule has 0 N–H and O–H groups in total. The first kappa shape index (κ1) is 31.5. The number of hydrogen-bond donors (Lipinski definition) is 0. The van der Waals surface area contributed by atoms with Crippen LogP contribution in [0.2, 0.25) is 0 Å². The average Bonchev–Trinajstić information content (AvgIpc) is 2.95. The van der Waals surface area contributed by atoms with E-state index in [1.807, 2.05) is 50.2 Å². The molecule has 1 aliphatic rings. The van der Waals surface area contributed by atoms with Gasteiger partial charge in [0, 0.05) is 49.9 Å². The second kappa shape index (κ2) is 15.6. The number of amides is 1. The fraction of sp³-hybridized carbons (Fsp3) is 0.438. The van der Waals surface area contributed by atoms with Crippen molar-refractivity contribution in [3.63, 3.8) is 0 Å². The number of carbonyl (C=O) groups is 2. The molecule has 0 unspecified atom stereocenters. The van der Waals surface area contributed by atoms with E-state index in [9.17, 15) is 14.9 Å². The highest BCUT2D eigenvalue weighted by Gasteiger charge is 2.25. The van der Waals surface area contributed by atoms with Gasteiger partial charge in [0.1, 0.15) is 12.4 Å².